The second-order valence-corrected chi connectivity index (χ2v) is 3.83. The van der Waals surface area contributed by atoms with E-state index in [4.69, 9.17) is 14.0 Å². The Kier molecular flexibility index (Phi) is 4.63. The molecule has 6 nitrogen and oxygen atoms in total. The van der Waals surface area contributed by atoms with Crippen LogP contribution in [-0.2, 0) is 17.8 Å². The molecule has 2 aromatic rings. The van der Waals surface area contributed by atoms with Crippen LogP contribution in [0.2, 0.25) is 0 Å². The van der Waals surface area contributed by atoms with Gasteiger partial charge in [0.05, 0.1) is 6.61 Å². The average Bonchev–Trinajstić information content (AvgIpc) is 2.91. The zero-order chi connectivity index (χ0) is 13.5. The van der Waals surface area contributed by atoms with Crippen molar-refractivity contribution in [3.63, 3.8) is 0 Å². The third kappa shape index (κ3) is 3.89. The molecule has 6 heteroatoms. The fourth-order valence-corrected chi connectivity index (χ4v) is 1.47. The molecule has 0 radical (unpaired) electrons. The first-order valence-electron chi connectivity index (χ1n) is 5.80. The van der Waals surface area contributed by atoms with Crippen molar-refractivity contribution in [3.05, 3.63) is 41.5 Å². The lowest BCUT2D eigenvalue weighted by atomic mass is 10.2. The van der Waals surface area contributed by atoms with E-state index in [0.717, 1.165) is 6.29 Å². The van der Waals surface area contributed by atoms with Gasteiger partial charge in [0.15, 0.2) is 12.4 Å². The first kappa shape index (κ1) is 13.2. The zero-order valence-electron chi connectivity index (χ0n) is 10.5. The highest BCUT2D eigenvalue weighted by molar-refractivity contribution is 5.75. The Morgan fingerprint density at radius 1 is 1.42 bits per heavy atom. The molecule has 19 heavy (non-hydrogen) atoms. The smallest absolute Gasteiger partial charge is 0.264 e. The second kappa shape index (κ2) is 6.65. The van der Waals surface area contributed by atoms with E-state index in [-0.39, 0.29) is 6.61 Å². The molecule has 100 valence electrons. The third-order valence-corrected chi connectivity index (χ3v) is 2.40. The van der Waals surface area contributed by atoms with Crippen molar-refractivity contribution >= 4 is 6.29 Å². The molecule has 0 amide bonds. The molecule has 0 fully saturated rings. The second-order valence-electron chi connectivity index (χ2n) is 3.83. The summed E-state index contributed by atoms with van der Waals surface area (Å²) in [5.74, 6) is 1.56. The van der Waals surface area contributed by atoms with E-state index in [0.29, 0.717) is 36.1 Å². The molecule has 0 saturated carbocycles. The number of hydrogen-bond donors (Lipinski definition) is 0. The molecule has 1 aromatic heterocycles. The number of nitrogens with zero attached hydrogens (tertiary/aromatic N) is 2. The molecule has 0 atom stereocenters. The maximum atomic E-state index is 10.6. The topological polar surface area (TPSA) is 74.5 Å². The fraction of sp³-hybridized carbons (Fsp3) is 0.308. The summed E-state index contributed by atoms with van der Waals surface area (Å²) in [6.07, 6.45) is 1.36. The van der Waals surface area contributed by atoms with Crippen LogP contribution in [0.3, 0.4) is 0 Å². The van der Waals surface area contributed by atoms with E-state index < -0.39 is 0 Å². The monoisotopic (exact) mass is 262 g/mol. The van der Waals surface area contributed by atoms with Crippen LogP contribution < -0.4 is 4.74 Å². The number of carbonyl (C=O) groups is 1. The van der Waals surface area contributed by atoms with Gasteiger partial charge in [-0.25, -0.2) is 0 Å². The number of hydrogen-bond acceptors (Lipinski definition) is 6. The van der Waals surface area contributed by atoms with Crippen molar-refractivity contribution in [2.24, 2.45) is 0 Å². The largest absolute Gasteiger partial charge is 0.484 e. The molecule has 0 bridgehead atoms. The van der Waals surface area contributed by atoms with Crippen LogP contribution in [0.15, 0.2) is 28.8 Å². The maximum Gasteiger partial charge on any atom is 0.264 e. The third-order valence-electron chi connectivity index (χ3n) is 2.40. The van der Waals surface area contributed by atoms with E-state index in [1.165, 1.54) is 0 Å². The Hall–Kier alpha value is -2.21. The summed E-state index contributed by atoms with van der Waals surface area (Å²) >= 11 is 0. The number of aromatic nitrogens is 2. The number of carbonyl (C=O) groups excluding carboxylic acids is 1. The molecule has 0 saturated heterocycles. The molecule has 0 unspecified atom stereocenters. The number of aldehydes is 1. The maximum absolute atomic E-state index is 10.6. The van der Waals surface area contributed by atoms with Crippen molar-refractivity contribution in [2.75, 3.05) is 13.7 Å². The summed E-state index contributed by atoms with van der Waals surface area (Å²) in [4.78, 5) is 14.8. The molecule has 1 aromatic carbocycles. The van der Waals surface area contributed by atoms with Gasteiger partial charge in [-0.05, 0) is 12.1 Å². The SMILES string of the molecule is COCCc1noc(COc2cccc(C=O)c2)n1. The standard InChI is InChI=1S/C13H14N2O4/c1-17-6-5-12-14-13(19-15-12)9-18-11-4-2-3-10(7-11)8-16/h2-4,7-8H,5-6,9H2,1H3. The lowest BCUT2D eigenvalue weighted by Gasteiger charge is -2.02. The molecule has 0 N–H and O–H groups in total. The van der Waals surface area contributed by atoms with E-state index in [1.54, 1.807) is 31.4 Å². The highest BCUT2D eigenvalue weighted by Crippen LogP contribution is 2.13. The van der Waals surface area contributed by atoms with Crippen LogP contribution in [0, 0.1) is 0 Å². The van der Waals surface area contributed by atoms with E-state index >= 15 is 0 Å². The summed E-state index contributed by atoms with van der Waals surface area (Å²) in [6.45, 7) is 0.712. The Morgan fingerprint density at radius 2 is 2.32 bits per heavy atom. The van der Waals surface area contributed by atoms with Crippen LogP contribution in [0.1, 0.15) is 22.1 Å². The minimum Gasteiger partial charge on any atom is -0.484 e. The van der Waals surface area contributed by atoms with Gasteiger partial charge in [0.25, 0.3) is 5.89 Å². The van der Waals surface area contributed by atoms with Crippen molar-refractivity contribution < 1.29 is 18.8 Å². The van der Waals surface area contributed by atoms with Gasteiger partial charge < -0.3 is 14.0 Å². The van der Waals surface area contributed by atoms with Crippen LogP contribution in [0.4, 0.5) is 0 Å². The van der Waals surface area contributed by atoms with Crippen molar-refractivity contribution in [1.29, 1.82) is 0 Å². The van der Waals surface area contributed by atoms with Gasteiger partial charge in [0, 0.05) is 19.1 Å². The van der Waals surface area contributed by atoms with Gasteiger partial charge >= 0.3 is 0 Å². The van der Waals surface area contributed by atoms with Gasteiger partial charge in [-0.15, -0.1) is 0 Å². The highest BCUT2D eigenvalue weighted by Gasteiger charge is 2.07. The normalized spacial score (nSPS) is 10.4. The van der Waals surface area contributed by atoms with Gasteiger partial charge in [-0.2, -0.15) is 4.98 Å². The quantitative estimate of drug-likeness (QED) is 0.706. The van der Waals surface area contributed by atoms with Crippen molar-refractivity contribution in [2.45, 2.75) is 13.0 Å². The number of rotatable bonds is 7. The van der Waals surface area contributed by atoms with Crippen LogP contribution >= 0.6 is 0 Å². The van der Waals surface area contributed by atoms with Gasteiger partial charge in [-0.3, -0.25) is 4.79 Å². The van der Waals surface area contributed by atoms with Crippen LogP contribution in [0.5, 0.6) is 5.75 Å². The summed E-state index contributed by atoms with van der Waals surface area (Å²) in [7, 11) is 1.62. The summed E-state index contributed by atoms with van der Waals surface area (Å²) in [6, 6.07) is 6.86. The minimum absolute atomic E-state index is 0.169. The molecule has 0 spiro atoms. The van der Waals surface area contributed by atoms with Gasteiger partial charge in [0.1, 0.15) is 12.0 Å². The first-order valence-corrected chi connectivity index (χ1v) is 5.80. The lowest BCUT2D eigenvalue weighted by molar-refractivity contribution is 0.112. The molecule has 1 heterocycles. The van der Waals surface area contributed by atoms with Gasteiger partial charge in [-0.1, -0.05) is 17.3 Å². The summed E-state index contributed by atoms with van der Waals surface area (Å²) < 4.78 is 15.4. The Labute approximate surface area is 110 Å². The number of ether oxygens (including phenoxy) is 2. The number of methoxy groups -OCH3 is 1. The highest BCUT2D eigenvalue weighted by atomic mass is 16.5. The number of benzene rings is 1. The molecule has 0 aliphatic rings. The Morgan fingerprint density at radius 3 is 3.11 bits per heavy atom. The lowest BCUT2D eigenvalue weighted by Crippen LogP contribution is -1.98. The Bertz CT molecular complexity index is 539. The van der Waals surface area contributed by atoms with Crippen molar-refractivity contribution in [3.8, 4) is 5.75 Å². The van der Waals surface area contributed by atoms with Crippen LogP contribution in [0.25, 0.3) is 0 Å². The van der Waals surface area contributed by atoms with Crippen molar-refractivity contribution in [1.82, 2.24) is 10.1 Å². The summed E-state index contributed by atoms with van der Waals surface area (Å²) in [5, 5.41) is 3.80. The molecular weight excluding hydrogens is 248 g/mol. The minimum atomic E-state index is 0.169. The average molecular weight is 262 g/mol. The first-order chi connectivity index (χ1) is 9.31. The predicted molar refractivity (Wildman–Crippen MR) is 66.0 cm³/mol. The summed E-state index contributed by atoms with van der Waals surface area (Å²) in [5.41, 5.74) is 0.559. The fourth-order valence-electron chi connectivity index (χ4n) is 1.47. The van der Waals surface area contributed by atoms with E-state index in [2.05, 4.69) is 10.1 Å². The van der Waals surface area contributed by atoms with E-state index in [9.17, 15) is 4.79 Å². The van der Waals surface area contributed by atoms with E-state index in [1.807, 2.05) is 0 Å². The molecule has 0 aliphatic carbocycles. The van der Waals surface area contributed by atoms with Crippen LogP contribution in [-0.4, -0.2) is 30.1 Å². The zero-order valence-corrected chi connectivity index (χ0v) is 10.5. The molecular formula is C13H14N2O4. The van der Waals surface area contributed by atoms with Gasteiger partial charge in [0.2, 0.25) is 0 Å². The molecule has 2 rings (SSSR count). The Balaban J connectivity index is 1.90. The predicted octanol–water partition coefficient (Wildman–Crippen LogP) is 1.65. The molecule has 0 aliphatic heterocycles.